The second kappa shape index (κ2) is 12.3. The molecule has 3 fully saturated rings. The lowest BCUT2D eigenvalue weighted by atomic mass is 9.50. The predicted octanol–water partition coefficient (Wildman–Crippen LogP) is 4.55. The number of nitrogens with zero attached hydrogens (tertiary/aromatic N) is 2. The van der Waals surface area contributed by atoms with E-state index in [1.165, 1.54) is 13.2 Å². The number of allylic oxidation sites excluding steroid dienone is 2. The first-order valence-electron chi connectivity index (χ1n) is 15.7. The molecule has 0 spiro atoms. The van der Waals surface area contributed by atoms with E-state index in [1.54, 1.807) is 48.5 Å². The summed E-state index contributed by atoms with van der Waals surface area (Å²) in [6.07, 6.45) is 1.66. The van der Waals surface area contributed by atoms with Gasteiger partial charge in [0.05, 0.1) is 47.9 Å². The molecule has 0 radical (unpaired) electrons. The maximum absolute atomic E-state index is 15.1. The van der Waals surface area contributed by atoms with Crippen LogP contribution in [0, 0.1) is 23.7 Å². The third-order valence-electron chi connectivity index (χ3n) is 10.3. The van der Waals surface area contributed by atoms with E-state index >= 15 is 4.79 Å². The van der Waals surface area contributed by atoms with Crippen LogP contribution in [-0.4, -0.2) is 63.4 Å². The van der Waals surface area contributed by atoms with Crippen molar-refractivity contribution < 1.29 is 43.3 Å². The number of anilines is 1. The summed E-state index contributed by atoms with van der Waals surface area (Å²) in [5.74, 6) is -6.49. The molecule has 0 bridgehead atoms. The first-order chi connectivity index (χ1) is 23.5. The minimum absolute atomic E-state index is 0.0337. The highest BCUT2D eigenvalue weighted by Gasteiger charge is 2.71. The molecule has 4 aliphatic rings. The number of methoxy groups -OCH3 is 1. The number of imide groups is 2. The van der Waals surface area contributed by atoms with Gasteiger partial charge in [-0.3, -0.25) is 34.3 Å². The zero-order chi connectivity index (χ0) is 34.8. The van der Waals surface area contributed by atoms with Crippen molar-refractivity contribution in [1.29, 1.82) is 0 Å². The summed E-state index contributed by atoms with van der Waals surface area (Å²) in [6.45, 7) is -0.681. The number of rotatable bonds is 9. The van der Waals surface area contributed by atoms with Crippen molar-refractivity contribution in [2.24, 2.45) is 23.7 Å². The third kappa shape index (κ3) is 5.03. The number of hydrogen-bond acceptors (Lipinski definition) is 9. The van der Waals surface area contributed by atoms with Gasteiger partial charge in [0.2, 0.25) is 11.8 Å². The fourth-order valence-corrected chi connectivity index (χ4v) is 8.73. The van der Waals surface area contributed by atoms with Crippen LogP contribution in [0.2, 0.25) is 10.0 Å². The summed E-state index contributed by atoms with van der Waals surface area (Å²) < 4.78 is 11.6. The van der Waals surface area contributed by atoms with E-state index in [9.17, 15) is 29.4 Å². The Morgan fingerprint density at radius 1 is 1.02 bits per heavy atom. The Morgan fingerprint density at radius 3 is 2.43 bits per heavy atom. The van der Waals surface area contributed by atoms with Gasteiger partial charge < -0.3 is 19.4 Å². The molecular weight excluding hydrogens is 677 g/mol. The molecule has 49 heavy (non-hydrogen) atoms. The molecule has 1 saturated carbocycles. The first kappa shape index (κ1) is 32.9. The lowest BCUT2D eigenvalue weighted by Gasteiger charge is -2.49. The molecular formula is C35H31Cl2N3O9. The summed E-state index contributed by atoms with van der Waals surface area (Å²) >= 11 is 12.6. The van der Waals surface area contributed by atoms with Crippen LogP contribution in [0.25, 0.3) is 0 Å². The largest absolute Gasteiger partial charge is 0.497 e. The molecule has 2 aliphatic heterocycles. The van der Waals surface area contributed by atoms with E-state index in [1.807, 2.05) is 6.08 Å². The van der Waals surface area contributed by atoms with Gasteiger partial charge in [0.1, 0.15) is 29.3 Å². The maximum atomic E-state index is 15.1. The van der Waals surface area contributed by atoms with Crippen molar-refractivity contribution in [2.45, 2.75) is 37.2 Å². The van der Waals surface area contributed by atoms with E-state index in [-0.39, 0.29) is 35.9 Å². The van der Waals surface area contributed by atoms with Crippen molar-refractivity contribution in [3.8, 4) is 5.75 Å². The number of carboxylic acid groups (broad SMARTS) is 1. The number of carboxylic acids is 1. The molecule has 3 heterocycles. The van der Waals surface area contributed by atoms with E-state index < -0.39 is 77.6 Å². The molecule has 6 atom stereocenters. The predicted molar refractivity (Wildman–Crippen MR) is 174 cm³/mol. The van der Waals surface area contributed by atoms with Gasteiger partial charge in [0, 0.05) is 11.6 Å². The van der Waals surface area contributed by atoms with Crippen LogP contribution in [0.15, 0.2) is 70.7 Å². The molecule has 4 amide bonds. The van der Waals surface area contributed by atoms with Crippen molar-refractivity contribution in [3.63, 3.8) is 0 Å². The number of carbonyl (C=O) groups is 5. The number of furan rings is 1. The summed E-state index contributed by atoms with van der Waals surface area (Å²) in [6, 6.07) is 14.7. The van der Waals surface area contributed by atoms with Gasteiger partial charge in [-0.05, 0) is 66.8 Å². The Balaban J connectivity index is 1.41. The highest BCUT2D eigenvalue weighted by atomic mass is 35.5. The Morgan fingerprint density at radius 2 is 1.78 bits per heavy atom. The fraction of sp³-hybridized carbons (Fsp3) is 0.343. The van der Waals surface area contributed by atoms with Crippen molar-refractivity contribution >= 4 is 58.5 Å². The van der Waals surface area contributed by atoms with E-state index in [0.29, 0.717) is 27.7 Å². The zero-order valence-corrected chi connectivity index (χ0v) is 27.6. The minimum atomic E-state index is -1.61. The molecule has 14 heteroatoms. The normalized spacial score (nSPS) is 27.5. The summed E-state index contributed by atoms with van der Waals surface area (Å²) in [5, 5.41) is 20.7. The molecule has 12 nitrogen and oxygen atoms in total. The molecule has 2 aromatic carbocycles. The average molecular weight is 709 g/mol. The van der Waals surface area contributed by atoms with Gasteiger partial charge in [-0.2, -0.15) is 5.01 Å². The fourth-order valence-electron chi connectivity index (χ4n) is 8.28. The van der Waals surface area contributed by atoms with Crippen molar-refractivity contribution in [3.05, 3.63) is 93.4 Å². The third-order valence-corrected chi connectivity index (χ3v) is 10.9. The number of benzene rings is 2. The van der Waals surface area contributed by atoms with Crippen LogP contribution in [0.1, 0.15) is 42.3 Å². The monoisotopic (exact) mass is 707 g/mol. The Kier molecular flexibility index (Phi) is 8.28. The van der Waals surface area contributed by atoms with Gasteiger partial charge >= 0.3 is 5.97 Å². The number of hydrogen-bond donors (Lipinski definition) is 3. The van der Waals surface area contributed by atoms with E-state index in [4.69, 9.17) is 32.4 Å². The number of amides is 4. The Labute approximate surface area is 290 Å². The van der Waals surface area contributed by atoms with Crippen LogP contribution in [0.5, 0.6) is 5.75 Å². The van der Waals surface area contributed by atoms with Crippen LogP contribution < -0.4 is 10.2 Å². The number of carbonyl (C=O) groups excluding carboxylic acids is 4. The van der Waals surface area contributed by atoms with Gasteiger partial charge in [0.15, 0.2) is 0 Å². The minimum Gasteiger partial charge on any atom is -0.497 e. The number of aliphatic hydroxyl groups is 1. The van der Waals surface area contributed by atoms with Gasteiger partial charge in [-0.15, -0.1) is 0 Å². The first-order valence-corrected chi connectivity index (χ1v) is 16.5. The number of nitrogens with one attached hydrogen (secondary N) is 1. The number of likely N-dealkylation sites (tertiary alicyclic amines) is 1. The molecule has 2 saturated heterocycles. The van der Waals surface area contributed by atoms with E-state index in [0.717, 1.165) is 9.91 Å². The van der Waals surface area contributed by atoms with Crippen molar-refractivity contribution in [2.75, 3.05) is 19.1 Å². The Hall–Kier alpha value is -4.65. The van der Waals surface area contributed by atoms with Gasteiger partial charge in [0.25, 0.3) is 11.8 Å². The molecule has 2 aliphatic carbocycles. The Bertz CT molecular complexity index is 1920. The highest BCUT2D eigenvalue weighted by molar-refractivity contribution is 6.36. The van der Waals surface area contributed by atoms with Gasteiger partial charge in [-0.25, -0.2) is 0 Å². The quantitative estimate of drug-likeness (QED) is 0.212. The number of aliphatic carboxylic acids is 1. The van der Waals surface area contributed by atoms with Crippen LogP contribution >= 0.6 is 23.2 Å². The summed E-state index contributed by atoms with van der Waals surface area (Å²) in [4.78, 5) is 69.6. The number of ether oxygens (including phenoxy) is 1. The molecule has 254 valence electrons. The second-order valence-electron chi connectivity index (χ2n) is 12.6. The second-order valence-corrected chi connectivity index (χ2v) is 13.5. The number of halogens is 2. The molecule has 3 N–H and O–H groups in total. The summed E-state index contributed by atoms with van der Waals surface area (Å²) in [5.41, 5.74) is 2.72. The smallest absolute Gasteiger partial charge is 0.305 e. The SMILES string of the molecule is COc1ccc(C23C(=O)N(Nc4ccc(Cl)cc4Cl)C(=O)C2CC2C(=CCC4C(=O)N(CCC(=O)O)C(=O)C42)C3c2ccc(CO)o2)cc1. The number of hydrazine groups is 1. The maximum Gasteiger partial charge on any atom is 0.305 e. The average Bonchev–Trinajstić information content (AvgIpc) is 3.72. The van der Waals surface area contributed by atoms with Crippen LogP contribution in [0.3, 0.4) is 0 Å². The molecule has 6 unspecified atom stereocenters. The lowest BCUT2D eigenvalue weighted by molar-refractivity contribution is -0.143. The number of fused-ring (bicyclic) bond motifs is 4. The van der Waals surface area contributed by atoms with Gasteiger partial charge in [-0.1, -0.05) is 47.0 Å². The molecule has 7 rings (SSSR count). The van der Waals surface area contributed by atoms with Crippen molar-refractivity contribution in [1.82, 2.24) is 9.91 Å². The molecule has 3 aromatic rings. The zero-order valence-electron chi connectivity index (χ0n) is 26.1. The highest BCUT2D eigenvalue weighted by Crippen LogP contribution is 2.64. The topological polar surface area (TPSA) is 167 Å². The van der Waals surface area contributed by atoms with Crippen LogP contribution in [0.4, 0.5) is 5.69 Å². The van der Waals surface area contributed by atoms with E-state index in [2.05, 4.69) is 5.43 Å². The standard InChI is InChI=1S/C35H31Cl2N3O9/c1-48-19-5-2-17(3-6-19)35-24(32(45)40(34(35)47)38-26-10-4-18(36)14-25(26)37)15-23-21(30(35)27-11-7-20(16-41)49-27)8-9-22-29(23)33(46)39(31(22)44)13-12-28(42)43/h2-8,10-11,14,22-24,29-30,38,41H,9,12-13,15-16H2,1H3,(H,42,43). The van der Waals surface area contributed by atoms with Crippen LogP contribution in [-0.2, 0) is 36.0 Å². The molecule has 1 aromatic heterocycles. The lowest BCUT2D eigenvalue weighted by Crippen LogP contribution is -2.53. The summed E-state index contributed by atoms with van der Waals surface area (Å²) in [7, 11) is 1.51. The number of aliphatic hydroxyl groups excluding tert-OH is 1.